The molecule has 2 nitrogen and oxygen atoms in total. The molecule has 0 aliphatic heterocycles. The highest BCUT2D eigenvalue weighted by Gasteiger charge is 1.96. The second kappa shape index (κ2) is 6.10. The van der Waals surface area contributed by atoms with E-state index in [9.17, 15) is 10.2 Å². The molecule has 2 aromatic rings. The van der Waals surface area contributed by atoms with Crippen molar-refractivity contribution in [1.29, 1.82) is 0 Å². The molecule has 2 rings (SSSR count). The van der Waals surface area contributed by atoms with Crippen molar-refractivity contribution in [3.63, 3.8) is 0 Å². The maximum Gasteiger partial charge on any atom is 0.115 e. The molecule has 0 bridgehead atoms. The smallest absolute Gasteiger partial charge is 0.115 e. The second-order valence-corrected chi connectivity index (χ2v) is 4.54. The minimum Gasteiger partial charge on any atom is -0.508 e. The van der Waals surface area contributed by atoms with Gasteiger partial charge in [-0.05, 0) is 61.1 Å². The molecule has 0 spiro atoms. The van der Waals surface area contributed by atoms with Crippen LogP contribution in [-0.2, 0) is 12.8 Å². The molecular formula is C16H18O2. The quantitative estimate of drug-likeness (QED) is 0.785. The fraction of sp³-hybridized carbons (Fsp3) is 0.250. The molecule has 2 aromatic carbocycles. The van der Waals surface area contributed by atoms with E-state index in [1.807, 2.05) is 24.3 Å². The summed E-state index contributed by atoms with van der Waals surface area (Å²) < 4.78 is 0. The Morgan fingerprint density at radius 2 is 0.889 bits per heavy atom. The molecule has 0 aromatic heterocycles. The minimum atomic E-state index is 0.322. The summed E-state index contributed by atoms with van der Waals surface area (Å²) in [5.74, 6) is 0.644. The lowest BCUT2D eigenvalue weighted by Gasteiger charge is -2.03. The van der Waals surface area contributed by atoms with Crippen molar-refractivity contribution < 1.29 is 10.2 Å². The van der Waals surface area contributed by atoms with E-state index in [1.54, 1.807) is 24.3 Å². The molecule has 0 fully saturated rings. The van der Waals surface area contributed by atoms with Crippen LogP contribution in [0.1, 0.15) is 24.0 Å². The lowest BCUT2D eigenvalue weighted by atomic mass is 10.0. The third kappa shape index (κ3) is 3.81. The van der Waals surface area contributed by atoms with E-state index in [4.69, 9.17) is 0 Å². The van der Waals surface area contributed by atoms with Crippen LogP contribution in [0.4, 0.5) is 0 Å². The van der Waals surface area contributed by atoms with Gasteiger partial charge in [0.05, 0.1) is 0 Å². The summed E-state index contributed by atoms with van der Waals surface area (Å²) >= 11 is 0. The molecule has 0 aliphatic carbocycles. The van der Waals surface area contributed by atoms with Gasteiger partial charge < -0.3 is 10.2 Å². The zero-order valence-corrected chi connectivity index (χ0v) is 10.3. The summed E-state index contributed by atoms with van der Waals surface area (Å²) in [7, 11) is 0. The third-order valence-corrected chi connectivity index (χ3v) is 3.05. The molecule has 0 saturated heterocycles. The Kier molecular flexibility index (Phi) is 4.24. The molecule has 0 unspecified atom stereocenters. The summed E-state index contributed by atoms with van der Waals surface area (Å²) in [5, 5.41) is 18.4. The van der Waals surface area contributed by atoms with Gasteiger partial charge in [-0.1, -0.05) is 24.3 Å². The first-order valence-corrected chi connectivity index (χ1v) is 6.30. The summed E-state index contributed by atoms with van der Waals surface area (Å²) in [5.41, 5.74) is 2.53. The largest absolute Gasteiger partial charge is 0.508 e. The van der Waals surface area contributed by atoms with E-state index in [2.05, 4.69) is 0 Å². The molecule has 0 heterocycles. The molecule has 0 amide bonds. The third-order valence-electron chi connectivity index (χ3n) is 3.05. The first kappa shape index (κ1) is 12.5. The Hall–Kier alpha value is -1.96. The number of phenols is 2. The van der Waals surface area contributed by atoms with Gasteiger partial charge in [-0.25, -0.2) is 0 Å². The van der Waals surface area contributed by atoms with Gasteiger partial charge in [0.15, 0.2) is 0 Å². The van der Waals surface area contributed by atoms with Crippen molar-refractivity contribution in [3.8, 4) is 11.5 Å². The fourth-order valence-corrected chi connectivity index (χ4v) is 1.98. The monoisotopic (exact) mass is 242 g/mol. The predicted molar refractivity (Wildman–Crippen MR) is 72.9 cm³/mol. The standard InChI is InChI=1S/C16H18O2/c17-15-9-5-13(6-10-15)3-1-2-4-14-7-11-16(18)12-8-14/h5-12,17-18H,1-4H2. The number of hydrogen-bond acceptors (Lipinski definition) is 2. The Balaban J connectivity index is 1.73. The van der Waals surface area contributed by atoms with E-state index < -0.39 is 0 Å². The van der Waals surface area contributed by atoms with Crippen LogP contribution < -0.4 is 0 Å². The van der Waals surface area contributed by atoms with Crippen LogP contribution in [0, 0.1) is 0 Å². The van der Waals surface area contributed by atoms with E-state index in [0.29, 0.717) is 11.5 Å². The van der Waals surface area contributed by atoms with E-state index >= 15 is 0 Å². The van der Waals surface area contributed by atoms with Crippen molar-refractivity contribution in [2.45, 2.75) is 25.7 Å². The van der Waals surface area contributed by atoms with E-state index in [-0.39, 0.29) is 0 Å². The maximum absolute atomic E-state index is 9.18. The molecule has 2 N–H and O–H groups in total. The van der Waals surface area contributed by atoms with Crippen molar-refractivity contribution in [3.05, 3.63) is 59.7 Å². The number of rotatable bonds is 5. The Morgan fingerprint density at radius 3 is 1.22 bits per heavy atom. The summed E-state index contributed by atoms with van der Waals surface area (Å²) in [6.45, 7) is 0. The first-order valence-electron chi connectivity index (χ1n) is 6.30. The Labute approximate surface area is 108 Å². The fourth-order valence-electron chi connectivity index (χ4n) is 1.98. The average molecular weight is 242 g/mol. The van der Waals surface area contributed by atoms with Crippen molar-refractivity contribution in [2.24, 2.45) is 0 Å². The maximum atomic E-state index is 9.18. The number of benzene rings is 2. The van der Waals surface area contributed by atoms with Gasteiger partial charge in [-0.3, -0.25) is 0 Å². The zero-order valence-electron chi connectivity index (χ0n) is 10.3. The van der Waals surface area contributed by atoms with Crippen LogP contribution in [0.3, 0.4) is 0 Å². The summed E-state index contributed by atoms with van der Waals surface area (Å²) in [6, 6.07) is 14.8. The second-order valence-electron chi connectivity index (χ2n) is 4.54. The van der Waals surface area contributed by atoms with Crippen molar-refractivity contribution in [1.82, 2.24) is 0 Å². The highest BCUT2D eigenvalue weighted by atomic mass is 16.3. The van der Waals surface area contributed by atoms with Gasteiger partial charge in [0.1, 0.15) is 11.5 Å². The van der Waals surface area contributed by atoms with Gasteiger partial charge in [-0.15, -0.1) is 0 Å². The van der Waals surface area contributed by atoms with Crippen LogP contribution in [-0.4, -0.2) is 10.2 Å². The lowest BCUT2D eigenvalue weighted by molar-refractivity contribution is 0.474. The molecule has 0 saturated carbocycles. The molecule has 2 heteroatoms. The SMILES string of the molecule is Oc1ccc(CCCCc2ccc(O)cc2)cc1. The molecule has 94 valence electrons. The number of aromatic hydroxyl groups is 2. The predicted octanol–water partition coefficient (Wildman–Crippen LogP) is 3.66. The van der Waals surface area contributed by atoms with Crippen molar-refractivity contribution >= 4 is 0 Å². The molecular weight excluding hydrogens is 224 g/mol. The van der Waals surface area contributed by atoms with Gasteiger partial charge >= 0.3 is 0 Å². The first-order chi connectivity index (χ1) is 8.74. The number of hydrogen-bond donors (Lipinski definition) is 2. The van der Waals surface area contributed by atoms with E-state index in [0.717, 1.165) is 25.7 Å². The molecule has 18 heavy (non-hydrogen) atoms. The Morgan fingerprint density at radius 1 is 0.556 bits per heavy atom. The van der Waals surface area contributed by atoms with Crippen LogP contribution in [0.5, 0.6) is 11.5 Å². The van der Waals surface area contributed by atoms with Crippen LogP contribution in [0.2, 0.25) is 0 Å². The van der Waals surface area contributed by atoms with Crippen LogP contribution in [0.15, 0.2) is 48.5 Å². The van der Waals surface area contributed by atoms with Gasteiger partial charge in [0.2, 0.25) is 0 Å². The zero-order chi connectivity index (χ0) is 12.8. The van der Waals surface area contributed by atoms with Gasteiger partial charge in [0, 0.05) is 0 Å². The van der Waals surface area contributed by atoms with Gasteiger partial charge in [-0.2, -0.15) is 0 Å². The summed E-state index contributed by atoms with van der Waals surface area (Å²) in [6.07, 6.45) is 4.34. The lowest BCUT2D eigenvalue weighted by Crippen LogP contribution is -1.89. The number of aryl methyl sites for hydroxylation is 2. The average Bonchev–Trinajstić information content (AvgIpc) is 2.39. The van der Waals surface area contributed by atoms with Crippen LogP contribution >= 0.6 is 0 Å². The minimum absolute atomic E-state index is 0.322. The molecule has 0 aliphatic rings. The highest BCUT2D eigenvalue weighted by Crippen LogP contribution is 2.14. The molecule has 0 radical (unpaired) electrons. The highest BCUT2D eigenvalue weighted by molar-refractivity contribution is 5.27. The molecule has 0 atom stereocenters. The van der Waals surface area contributed by atoms with E-state index in [1.165, 1.54) is 11.1 Å². The Bertz CT molecular complexity index is 424. The number of unbranched alkanes of at least 4 members (excludes halogenated alkanes) is 1. The van der Waals surface area contributed by atoms with Crippen molar-refractivity contribution in [2.75, 3.05) is 0 Å². The number of phenolic OH excluding ortho intramolecular Hbond substituents is 2. The summed E-state index contributed by atoms with van der Waals surface area (Å²) in [4.78, 5) is 0. The van der Waals surface area contributed by atoms with Gasteiger partial charge in [0.25, 0.3) is 0 Å². The normalized spacial score (nSPS) is 10.4. The van der Waals surface area contributed by atoms with Crippen LogP contribution in [0.25, 0.3) is 0 Å². The topological polar surface area (TPSA) is 40.5 Å².